The van der Waals surface area contributed by atoms with Gasteiger partial charge in [-0.2, -0.15) is 5.10 Å². The van der Waals surface area contributed by atoms with Crippen LogP contribution in [0.2, 0.25) is 5.02 Å². The lowest BCUT2D eigenvalue weighted by atomic mass is 10.1. The molecule has 0 fully saturated rings. The summed E-state index contributed by atoms with van der Waals surface area (Å²) >= 11 is 6.11. The Kier molecular flexibility index (Phi) is 6.48. The van der Waals surface area contributed by atoms with Crippen LogP contribution in [0.1, 0.15) is 16.9 Å². The zero-order valence-electron chi connectivity index (χ0n) is 16.2. The van der Waals surface area contributed by atoms with Crippen molar-refractivity contribution in [3.8, 4) is 17.1 Å². The highest BCUT2D eigenvalue weighted by Crippen LogP contribution is 2.26. The molecule has 2 aromatic carbocycles. The van der Waals surface area contributed by atoms with Gasteiger partial charge in [0, 0.05) is 22.7 Å². The maximum Gasteiger partial charge on any atom is 0.277 e. The van der Waals surface area contributed by atoms with Gasteiger partial charge in [-0.05, 0) is 49.2 Å². The molecule has 0 radical (unpaired) electrons. The predicted octanol–water partition coefficient (Wildman–Crippen LogP) is 4.65. The summed E-state index contributed by atoms with van der Waals surface area (Å²) in [4.78, 5) is 22.3. The van der Waals surface area contributed by atoms with Crippen molar-refractivity contribution in [3.05, 3.63) is 80.6 Å². The van der Waals surface area contributed by atoms with E-state index in [-0.39, 0.29) is 12.3 Å². The van der Waals surface area contributed by atoms with Crippen LogP contribution < -0.4 is 10.2 Å². The Morgan fingerprint density at radius 3 is 2.67 bits per heavy atom. The summed E-state index contributed by atoms with van der Waals surface area (Å²) in [6.07, 6.45) is 1.33. The molecule has 154 valence electrons. The standard InChI is InChI=1S/C21H18ClN3O5/c1-13-8-18(9-14(2)21(13)22)29-12-20(26)24-23-11-17-6-7-19(30-17)15-4-3-5-16(10-15)25(27)28/h3-11H,12H2,1-2H3,(H,24,26). The lowest BCUT2D eigenvalue weighted by Crippen LogP contribution is -2.24. The molecule has 1 aromatic heterocycles. The molecule has 1 N–H and O–H groups in total. The number of hydrogen-bond donors (Lipinski definition) is 1. The van der Waals surface area contributed by atoms with Gasteiger partial charge in [0.05, 0.1) is 11.1 Å². The predicted molar refractivity (Wildman–Crippen MR) is 113 cm³/mol. The second-order valence-corrected chi connectivity index (χ2v) is 6.84. The molecule has 0 aliphatic carbocycles. The quantitative estimate of drug-likeness (QED) is 0.335. The van der Waals surface area contributed by atoms with Gasteiger partial charge in [0.25, 0.3) is 11.6 Å². The highest BCUT2D eigenvalue weighted by molar-refractivity contribution is 6.32. The molecule has 0 saturated carbocycles. The van der Waals surface area contributed by atoms with Gasteiger partial charge in [-0.3, -0.25) is 14.9 Å². The molecular formula is C21H18ClN3O5. The number of hydrogen-bond acceptors (Lipinski definition) is 6. The van der Waals surface area contributed by atoms with E-state index in [1.165, 1.54) is 18.3 Å². The number of ether oxygens (including phenoxy) is 1. The van der Waals surface area contributed by atoms with Gasteiger partial charge < -0.3 is 9.15 Å². The van der Waals surface area contributed by atoms with Crippen molar-refractivity contribution in [1.82, 2.24) is 5.43 Å². The van der Waals surface area contributed by atoms with Crippen molar-refractivity contribution < 1.29 is 18.9 Å². The van der Waals surface area contributed by atoms with Crippen molar-refractivity contribution in [2.24, 2.45) is 5.10 Å². The molecule has 0 spiro atoms. The van der Waals surface area contributed by atoms with E-state index in [1.807, 2.05) is 13.8 Å². The van der Waals surface area contributed by atoms with Gasteiger partial charge in [0.15, 0.2) is 6.61 Å². The molecule has 1 amide bonds. The maximum atomic E-state index is 11.9. The first-order chi connectivity index (χ1) is 14.3. The van der Waals surface area contributed by atoms with E-state index in [0.717, 1.165) is 11.1 Å². The second-order valence-electron chi connectivity index (χ2n) is 6.46. The number of nitrogens with zero attached hydrogens (tertiary/aromatic N) is 2. The Labute approximate surface area is 177 Å². The molecule has 0 saturated heterocycles. The maximum absolute atomic E-state index is 11.9. The fourth-order valence-corrected chi connectivity index (χ4v) is 2.80. The van der Waals surface area contributed by atoms with Crippen LogP contribution in [0.5, 0.6) is 5.75 Å². The zero-order valence-corrected chi connectivity index (χ0v) is 17.0. The molecule has 0 aliphatic rings. The largest absolute Gasteiger partial charge is 0.484 e. The number of nitrogens with one attached hydrogen (secondary N) is 1. The van der Waals surface area contributed by atoms with Crippen molar-refractivity contribution in [1.29, 1.82) is 0 Å². The molecule has 3 aromatic rings. The normalized spacial score (nSPS) is 10.9. The number of halogens is 1. The smallest absolute Gasteiger partial charge is 0.277 e. The van der Waals surface area contributed by atoms with Gasteiger partial charge in [0.2, 0.25) is 0 Å². The van der Waals surface area contributed by atoms with E-state index in [4.69, 9.17) is 20.8 Å². The van der Waals surface area contributed by atoms with E-state index >= 15 is 0 Å². The number of hydrazone groups is 1. The zero-order chi connectivity index (χ0) is 21.7. The van der Waals surface area contributed by atoms with Crippen LogP contribution in [0.4, 0.5) is 5.69 Å². The lowest BCUT2D eigenvalue weighted by molar-refractivity contribution is -0.384. The minimum Gasteiger partial charge on any atom is -0.484 e. The highest BCUT2D eigenvalue weighted by atomic mass is 35.5. The number of nitro groups is 1. The number of furan rings is 1. The van der Waals surface area contributed by atoms with Gasteiger partial charge in [-0.15, -0.1) is 0 Å². The summed E-state index contributed by atoms with van der Waals surface area (Å²) in [6, 6.07) is 12.9. The molecule has 8 nitrogen and oxygen atoms in total. The minimum atomic E-state index is -0.473. The van der Waals surface area contributed by atoms with Crippen molar-refractivity contribution in [2.75, 3.05) is 6.61 Å². The van der Waals surface area contributed by atoms with Crippen molar-refractivity contribution in [3.63, 3.8) is 0 Å². The van der Waals surface area contributed by atoms with Gasteiger partial charge in [-0.25, -0.2) is 5.43 Å². The summed E-state index contributed by atoms with van der Waals surface area (Å²) in [5.74, 6) is 0.924. The van der Waals surface area contributed by atoms with Gasteiger partial charge in [-0.1, -0.05) is 23.7 Å². The summed E-state index contributed by atoms with van der Waals surface area (Å²) in [5.41, 5.74) is 4.61. The van der Waals surface area contributed by atoms with Crippen molar-refractivity contribution >= 4 is 29.4 Å². The summed E-state index contributed by atoms with van der Waals surface area (Å²) in [6.45, 7) is 3.50. The van der Waals surface area contributed by atoms with Crippen LogP contribution in [-0.2, 0) is 4.79 Å². The highest BCUT2D eigenvalue weighted by Gasteiger charge is 2.10. The molecule has 9 heteroatoms. The van der Waals surface area contributed by atoms with Crippen LogP contribution in [0.25, 0.3) is 11.3 Å². The number of benzene rings is 2. The minimum absolute atomic E-state index is 0.0301. The third-order valence-electron chi connectivity index (χ3n) is 4.13. The van der Waals surface area contributed by atoms with Crippen LogP contribution in [0, 0.1) is 24.0 Å². The van der Waals surface area contributed by atoms with Gasteiger partial charge >= 0.3 is 0 Å². The number of nitro benzene ring substituents is 1. The first kappa shape index (κ1) is 21.1. The molecule has 1 heterocycles. The number of non-ortho nitro benzene ring substituents is 1. The molecule has 0 unspecified atom stereocenters. The molecule has 30 heavy (non-hydrogen) atoms. The number of carbonyl (C=O) groups is 1. The lowest BCUT2D eigenvalue weighted by Gasteiger charge is -2.09. The fraction of sp³-hybridized carbons (Fsp3) is 0.143. The first-order valence-electron chi connectivity index (χ1n) is 8.89. The average molecular weight is 428 g/mol. The monoisotopic (exact) mass is 427 g/mol. The van der Waals surface area contributed by atoms with Crippen LogP contribution in [-0.4, -0.2) is 23.7 Å². The number of aryl methyl sites for hydroxylation is 2. The third-order valence-corrected chi connectivity index (χ3v) is 4.73. The van der Waals surface area contributed by atoms with Crippen molar-refractivity contribution in [2.45, 2.75) is 13.8 Å². The summed E-state index contributed by atoms with van der Waals surface area (Å²) in [5, 5.41) is 15.4. The second kappa shape index (κ2) is 9.23. The average Bonchev–Trinajstić information content (AvgIpc) is 3.19. The topological polar surface area (TPSA) is 107 Å². The fourth-order valence-electron chi connectivity index (χ4n) is 2.69. The Bertz CT molecular complexity index is 1100. The van der Waals surface area contributed by atoms with Crippen LogP contribution in [0.3, 0.4) is 0 Å². The SMILES string of the molecule is Cc1cc(OCC(=O)NN=Cc2ccc(-c3cccc([N+](=O)[O-])c3)o2)cc(C)c1Cl. The molecule has 0 atom stereocenters. The first-order valence-corrected chi connectivity index (χ1v) is 9.27. The third kappa shape index (κ3) is 5.24. The Balaban J connectivity index is 1.55. The summed E-state index contributed by atoms with van der Waals surface area (Å²) in [7, 11) is 0. The van der Waals surface area contributed by atoms with E-state index < -0.39 is 10.8 Å². The number of rotatable bonds is 7. The van der Waals surface area contributed by atoms with E-state index in [9.17, 15) is 14.9 Å². The Hall–Kier alpha value is -3.65. The molecule has 0 bridgehead atoms. The number of amides is 1. The number of carbonyl (C=O) groups excluding carboxylic acids is 1. The van der Waals surface area contributed by atoms with E-state index in [1.54, 1.807) is 36.4 Å². The molecular weight excluding hydrogens is 410 g/mol. The Morgan fingerprint density at radius 2 is 1.97 bits per heavy atom. The molecule has 3 rings (SSSR count). The van der Waals surface area contributed by atoms with Crippen LogP contribution in [0.15, 0.2) is 58.0 Å². The Morgan fingerprint density at radius 1 is 1.23 bits per heavy atom. The van der Waals surface area contributed by atoms with Crippen LogP contribution >= 0.6 is 11.6 Å². The summed E-state index contributed by atoms with van der Waals surface area (Å²) < 4.78 is 11.0. The van der Waals surface area contributed by atoms with E-state index in [0.29, 0.717) is 27.9 Å². The van der Waals surface area contributed by atoms with E-state index in [2.05, 4.69) is 10.5 Å². The molecule has 0 aliphatic heterocycles. The van der Waals surface area contributed by atoms with Gasteiger partial charge in [0.1, 0.15) is 17.3 Å².